The minimum atomic E-state index is 0.175. The summed E-state index contributed by atoms with van der Waals surface area (Å²) in [6.07, 6.45) is 1.90. The van der Waals surface area contributed by atoms with Crippen molar-refractivity contribution in [1.82, 2.24) is 20.0 Å². The van der Waals surface area contributed by atoms with Crippen LogP contribution in [0.15, 0.2) is 24.4 Å². The van der Waals surface area contributed by atoms with Crippen LogP contribution in [0.4, 0.5) is 5.82 Å². The van der Waals surface area contributed by atoms with Crippen molar-refractivity contribution in [2.45, 2.75) is 27.3 Å². The first-order valence-electron chi connectivity index (χ1n) is 5.57. The molecule has 0 aliphatic carbocycles. The van der Waals surface area contributed by atoms with E-state index in [-0.39, 0.29) is 5.41 Å². The van der Waals surface area contributed by atoms with Gasteiger partial charge in [0.05, 0.1) is 11.9 Å². The summed E-state index contributed by atoms with van der Waals surface area (Å²) in [5, 5.41) is 8.20. The zero-order chi connectivity index (χ0) is 12.5. The second-order valence-corrected chi connectivity index (χ2v) is 5.31. The summed E-state index contributed by atoms with van der Waals surface area (Å²) in [6, 6.07) is 5.49. The Hall–Kier alpha value is -1.91. The van der Waals surface area contributed by atoms with Crippen LogP contribution in [0, 0.1) is 5.41 Å². The standard InChI is InChI=1S/C12H17N5/c1-12(2,3)8-17-7-10(15-16-17)9-5-4-6-11(13)14-9/h4-7H,8H2,1-3H3,(H2,13,14). The highest BCUT2D eigenvalue weighted by Gasteiger charge is 2.13. The molecule has 17 heavy (non-hydrogen) atoms. The summed E-state index contributed by atoms with van der Waals surface area (Å²) in [4.78, 5) is 4.22. The van der Waals surface area contributed by atoms with Gasteiger partial charge in [0, 0.05) is 6.54 Å². The molecule has 90 valence electrons. The topological polar surface area (TPSA) is 69.6 Å². The van der Waals surface area contributed by atoms with E-state index in [1.807, 2.05) is 23.0 Å². The van der Waals surface area contributed by atoms with E-state index in [2.05, 4.69) is 36.1 Å². The molecule has 0 bridgehead atoms. The smallest absolute Gasteiger partial charge is 0.131 e. The van der Waals surface area contributed by atoms with Crippen LogP contribution in [-0.2, 0) is 6.54 Å². The fraction of sp³-hybridized carbons (Fsp3) is 0.417. The van der Waals surface area contributed by atoms with Gasteiger partial charge in [0.15, 0.2) is 0 Å². The molecule has 0 aromatic carbocycles. The first kappa shape index (κ1) is 11.6. The molecular formula is C12H17N5. The van der Waals surface area contributed by atoms with Crippen molar-refractivity contribution in [3.05, 3.63) is 24.4 Å². The maximum Gasteiger partial charge on any atom is 0.131 e. The Morgan fingerprint density at radius 2 is 2.00 bits per heavy atom. The molecule has 0 radical (unpaired) electrons. The molecule has 2 rings (SSSR count). The average molecular weight is 231 g/mol. The third-order valence-corrected chi connectivity index (χ3v) is 2.21. The highest BCUT2D eigenvalue weighted by molar-refractivity contribution is 5.54. The average Bonchev–Trinajstić information content (AvgIpc) is 2.63. The lowest BCUT2D eigenvalue weighted by molar-refractivity contribution is 0.321. The summed E-state index contributed by atoms with van der Waals surface area (Å²) in [5.41, 5.74) is 7.32. The summed E-state index contributed by atoms with van der Waals surface area (Å²) in [7, 11) is 0. The Bertz CT molecular complexity index is 510. The largest absolute Gasteiger partial charge is 0.384 e. The molecular weight excluding hydrogens is 214 g/mol. The molecule has 5 heteroatoms. The Morgan fingerprint density at radius 1 is 1.24 bits per heavy atom. The van der Waals surface area contributed by atoms with E-state index in [4.69, 9.17) is 5.73 Å². The number of rotatable bonds is 2. The van der Waals surface area contributed by atoms with E-state index in [1.54, 1.807) is 6.07 Å². The summed E-state index contributed by atoms with van der Waals surface area (Å²) in [6.45, 7) is 7.30. The fourth-order valence-electron chi connectivity index (χ4n) is 1.57. The van der Waals surface area contributed by atoms with E-state index in [1.165, 1.54) is 0 Å². The van der Waals surface area contributed by atoms with Crippen LogP contribution in [0.1, 0.15) is 20.8 Å². The van der Waals surface area contributed by atoms with Crippen molar-refractivity contribution in [2.75, 3.05) is 5.73 Å². The van der Waals surface area contributed by atoms with Crippen LogP contribution in [0.5, 0.6) is 0 Å². The van der Waals surface area contributed by atoms with E-state index in [0.29, 0.717) is 5.82 Å². The minimum Gasteiger partial charge on any atom is -0.384 e. The fourth-order valence-corrected chi connectivity index (χ4v) is 1.57. The lowest BCUT2D eigenvalue weighted by Gasteiger charge is -2.16. The maximum absolute atomic E-state index is 5.64. The number of pyridine rings is 1. The van der Waals surface area contributed by atoms with Gasteiger partial charge in [-0.3, -0.25) is 4.68 Å². The van der Waals surface area contributed by atoms with Crippen LogP contribution >= 0.6 is 0 Å². The number of nitrogens with zero attached hydrogens (tertiary/aromatic N) is 4. The van der Waals surface area contributed by atoms with Gasteiger partial charge in [-0.05, 0) is 17.5 Å². The number of anilines is 1. The third-order valence-electron chi connectivity index (χ3n) is 2.21. The number of nitrogens with two attached hydrogens (primary N) is 1. The van der Waals surface area contributed by atoms with Gasteiger partial charge in [-0.2, -0.15) is 0 Å². The van der Waals surface area contributed by atoms with Gasteiger partial charge >= 0.3 is 0 Å². The van der Waals surface area contributed by atoms with E-state index in [0.717, 1.165) is 17.9 Å². The van der Waals surface area contributed by atoms with Crippen LogP contribution in [0.25, 0.3) is 11.4 Å². The highest BCUT2D eigenvalue weighted by Crippen LogP contribution is 2.18. The van der Waals surface area contributed by atoms with Gasteiger partial charge in [0.1, 0.15) is 11.5 Å². The molecule has 2 N–H and O–H groups in total. The third kappa shape index (κ3) is 3.03. The zero-order valence-electron chi connectivity index (χ0n) is 10.4. The second kappa shape index (κ2) is 4.16. The van der Waals surface area contributed by atoms with Gasteiger partial charge in [-0.1, -0.05) is 32.1 Å². The number of aromatic nitrogens is 4. The molecule has 0 saturated heterocycles. The molecule has 0 unspecified atom stereocenters. The monoisotopic (exact) mass is 231 g/mol. The quantitative estimate of drug-likeness (QED) is 0.857. The van der Waals surface area contributed by atoms with Crippen LogP contribution in [0.3, 0.4) is 0 Å². The Labute approximate surface area is 101 Å². The predicted molar refractivity (Wildman–Crippen MR) is 67.1 cm³/mol. The number of hydrogen-bond donors (Lipinski definition) is 1. The first-order chi connectivity index (χ1) is 7.94. The molecule has 2 aromatic heterocycles. The Morgan fingerprint density at radius 3 is 2.65 bits per heavy atom. The van der Waals surface area contributed by atoms with E-state index >= 15 is 0 Å². The van der Waals surface area contributed by atoms with E-state index < -0.39 is 0 Å². The molecule has 2 aromatic rings. The van der Waals surface area contributed by atoms with Gasteiger partial charge in [-0.25, -0.2) is 4.98 Å². The molecule has 5 nitrogen and oxygen atoms in total. The lowest BCUT2D eigenvalue weighted by Crippen LogP contribution is -2.15. The van der Waals surface area contributed by atoms with Crippen molar-refractivity contribution in [3.63, 3.8) is 0 Å². The predicted octanol–water partition coefficient (Wildman–Crippen LogP) is 1.97. The summed E-state index contributed by atoms with van der Waals surface area (Å²) < 4.78 is 1.83. The highest BCUT2D eigenvalue weighted by atomic mass is 15.4. The van der Waals surface area contributed by atoms with Crippen LogP contribution in [-0.4, -0.2) is 20.0 Å². The SMILES string of the molecule is CC(C)(C)Cn1cc(-c2cccc(N)n2)nn1. The van der Waals surface area contributed by atoms with Crippen LogP contribution < -0.4 is 5.73 Å². The van der Waals surface area contributed by atoms with Gasteiger partial charge in [0.25, 0.3) is 0 Å². The van der Waals surface area contributed by atoms with Crippen molar-refractivity contribution in [2.24, 2.45) is 5.41 Å². The minimum absolute atomic E-state index is 0.175. The molecule has 0 atom stereocenters. The molecule has 0 spiro atoms. The van der Waals surface area contributed by atoms with Gasteiger partial charge in [0.2, 0.25) is 0 Å². The summed E-state index contributed by atoms with van der Waals surface area (Å²) in [5.74, 6) is 0.493. The second-order valence-electron chi connectivity index (χ2n) is 5.31. The first-order valence-corrected chi connectivity index (χ1v) is 5.57. The van der Waals surface area contributed by atoms with E-state index in [9.17, 15) is 0 Å². The summed E-state index contributed by atoms with van der Waals surface area (Å²) >= 11 is 0. The van der Waals surface area contributed by atoms with Gasteiger partial charge in [-0.15, -0.1) is 5.10 Å². The van der Waals surface area contributed by atoms with Crippen molar-refractivity contribution in [3.8, 4) is 11.4 Å². The Balaban J connectivity index is 2.24. The number of hydrogen-bond acceptors (Lipinski definition) is 4. The van der Waals surface area contributed by atoms with Crippen molar-refractivity contribution >= 4 is 5.82 Å². The van der Waals surface area contributed by atoms with Gasteiger partial charge < -0.3 is 5.73 Å². The number of nitrogen functional groups attached to an aromatic ring is 1. The lowest BCUT2D eigenvalue weighted by atomic mass is 9.97. The van der Waals surface area contributed by atoms with Crippen molar-refractivity contribution in [1.29, 1.82) is 0 Å². The molecule has 0 aliphatic rings. The molecule has 0 fully saturated rings. The molecule has 2 heterocycles. The Kier molecular flexibility index (Phi) is 2.83. The zero-order valence-corrected chi connectivity index (χ0v) is 10.4. The molecule has 0 aliphatic heterocycles. The maximum atomic E-state index is 5.64. The molecule has 0 amide bonds. The normalized spacial score (nSPS) is 11.7. The van der Waals surface area contributed by atoms with Crippen molar-refractivity contribution < 1.29 is 0 Å². The van der Waals surface area contributed by atoms with Crippen LogP contribution in [0.2, 0.25) is 0 Å². The molecule has 0 saturated carbocycles.